The summed E-state index contributed by atoms with van der Waals surface area (Å²) >= 11 is 0. The van der Waals surface area contributed by atoms with E-state index in [9.17, 15) is 14.7 Å². The lowest BCUT2D eigenvalue weighted by Gasteiger charge is -2.25. The molecule has 0 radical (unpaired) electrons. The van der Waals surface area contributed by atoms with Crippen molar-refractivity contribution >= 4 is 16.9 Å². The van der Waals surface area contributed by atoms with Crippen LogP contribution in [0.15, 0.2) is 51.7 Å². The molecule has 1 aliphatic heterocycles. The number of fused-ring (bicyclic) bond motifs is 2. The number of benzene rings is 2. The maximum Gasteiger partial charge on any atom is 0.290 e. The average Bonchev–Trinajstić information content (AvgIpc) is 3.04. The minimum atomic E-state index is -0.691. The van der Waals surface area contributed by atoms with Crippen molar-refractivity contribution in [2.45, 2.75) is 19.9 Å². The number of amides is 1. The van der Waals surface area contributed by atoms with E-state index in [-0.39, 0.29) is 29.9 Å². The second-order valence-electron chi connectivity index (χ2n) is 7.91. The van der Waals surface area contributed by atoms with Gasteiger partial charge in [0.2, 0.25) is 5.76 Å². The molecule has 31 heavy (non-hydrogen) atoms. The smallest absolute Gasteiger partial charge is 0.290 e. The van der Waals surface area contributed by atoms with Crippen LogP contribution < -0.4 is 14.9 Å². The second-order valence-corrected chi connectivity index (χ2v) is 7.91. The summed E-state index contributed by atoms with van der Waals surface area (Å²) in [5.41, 5.74) is 1.06. The maximum absolute atomic E-state index is 13.3. The Labute approximate surface area is 179 Å². The minimum Gasteiger partial charge on any atom is -0.493 e. The molecule has 3 aromatic rings. The number of para-hydroxylation sites is 1. The fraction of sp³-hybridized carbons (Fsp3) is 0.333. The summed E-state index contributed by atoms with van der Waals surface area (Å²) in [5, 5.41) is 9.98. The van der Waals surface area contributed by atoms with E-state index in [0.29, 0.717) is 40.6 Å². The number of carbonyl (C=O) groups is 1. The van der Waals surface area contributed by atoms with Crippen LogP contribution in [0.2, 0.25) is 0 Å². The molecule has 0 saturated carbocycles. The number of aliphatic hydroxyl groups is 1. The number of rotatable bonds is 7. The number of ether oxygens (including phenoxy) is 2. The van der Waals surface area contributed by atoms with E-state index in [2.05, 4.69) is 13.8 Å². The standard InChI is InChI=1S/C24H25NO6/c1-14(2)13-30-18-9-8-15(12-19(18)29-3)21-20-22(27)16-6-4-5-7-17(16)31-23(20)24(28)25(21)10-11-26/h4-9,12,14,21,26H,10-11,13H2,1-3H3/t21-/m1/s1. The molecule has 7 heteroatoms. The Morgan fingerprint density at radius 3 is 2.61 bits per heavy atom. The molecule has 0 unspecified atom stereocenters. The van der Waals surface area contributed by atoms with Crippen molar-refractivity contribution in [3.8, 4) is 11.5 Å². The van der Waals surface area contributed by atoms with E-state index in [0.717, 1.165) is 0 Å². The zero-order valence-corrected chi connectivity index (χ0v) is 17.8. The molecular weight excluding hydrogens is 398 g/mol. The first-order valence-corrected chi connectivity index (χ1v) is 10.2. The van der Waals surface area contributed by atoms with Crippen molar-refractivity contribution in [2.24, 2.45) is 5.92 Å². The van der Waals surface area contributed by atoms with Crippen LogP contribution in [0.3, 0.4) is 0 Å². The van der Waals surface area contributed by atoms with E-state index >= 15 is 0 Å². The topological polar surface area (TPSA) is 89.2 Å². The zero-order chi connectivity index (χ0) is 22.1. The number of β-amino-alcohol motifs (C(OH)–C–C–N with tert-alkyl or cyclic N) is 1. The molecule has 2 aromatic carbocycles. The molecule has 0 aliphatic carbocycles. The highest BCUT2D eigenvalue weighted by Gasteiger charge is 2.42. The summed E-state index contributed by atoms with van der Waals surface area (Å²) in [4.78, 5) is 27.9. The first-order valence-electron chi connectivity index (χ1n) is 10.2. The Hall–Kier alpha value is -3.32. The number of aliphatic hydroxyl groups excluding tert-OH is 1. The normalized spacial score (nSPS) is 15.6. The Morgan fingerprint density at radius 1 is 1.13 bits per heavy atom. The van der Waals surface area contributed by atoms with E-state index in [1.54, 1.807) is 43.5 Å². The molecular formula is C24H25NO6. The molecule has 0 spiro atoms. The van der Waals surface area contributed by atoms with Gasteiger partial charge in [0.25, 0.3) is 5.91 Å². The molecule has 7 nitrogen and oxygen atoms in total. The van der Waals surface area contributed by atoms with Gasteiger partial charge in [-0.25, -0.2) is 0 Å². The number of hydrogen-bond acceptors (Lipinski definition) is 6. The minimum absolute atomic E-state index is 0.0150. The quantitative estimate of drug-likeness (QED) is 0.627. The van der Waals surface area contributed by atoms with Crippen molar-refractivity contribution in [3.05, 3.63) is 69.6 Å². The van der Waals surface area contributed by atoms with Gasteiger partial charge < -0.3 is 23.9 Å². The highest BCUT2D eigenvalue weighted by atomic mass is 16.5. The van der Waals surface area contributed by atoms with Crippen LogP contribution in [0.1, 0.15) is 41.6 Å². The van der Waals surface area contributed by atoms with Gasteiger partial charge in [-0.3, -0.25) is 9.59 Å². The van der Waals surface area contributed by atoms with Gasteiger partial charge in [0, 0.05) is 6.54 Å². The monoisotopic (exact) mass is 423 g/mol. The van der Waals surface area contributed by atoms with Crippen molar-refractivity contribution in [1.82, 2.24) is 4.90 Å². The van der Waals surface area contributed by atoms with Crippen LogP contribution in [-0.2, 0) is 0 Å². The van der Waals surface area contributed by atoms with Crippen molar-refractivity contribution < 1.29 is 23.8 Å². The maximum atomic E-state index is 13.3. The zero-order valence-electron chi connectivity index (χ0n) is 17.8. The largest absolute Gasteiger partial charge is 0.493 e. The Morgan fingerprint density at radius 2 is 1.90 bits per heavy atom. The predicted molar refractivity (Wildman–Crippen MR) is 116 cm³/mol. The fourth-order valence-corrected chi connectivity index (χ4v) is 3.88. The highest BCUT2D eigenvalue weighted by Crippen LogP contribution is 2.40. The molecule has 0 fully saturated rings. The van der Waals surface area contributed by atoms with Gasteiger partial charge in [-0.2, -0.15) is 0 Å². The van der Waals surface area contributed by atoms with Gasteiger partial charge in [-0.15, -0.1) is 0 Å². The lowest BCUT2D eigenvalue weighted by Crippen LogP contribution is -2.32. The number of hydrogen-bond donors (Lipinski definition) is 1. The molecule has 0 bridgehead atoms. The molecule has 2 heterocycles. The van der Waals surface area contributed by atoms with Crippen LogP contribution in [0.5, 0.6) is 11.5 Å². The third-order valence-electron chi connectivity index (χ3n) is 5.29. The van der Waals surface area contributed by atoms with Crippen LogP contribution >= 0.6 is 0 Å². The first-order chi connectivity index (χ1) is 15.0. The number of nitrogens with zero attached hydrogens (tertiary/aromatic N) is 1. The molecule has 0 saturated heterocycles. The lowest BCUT2D eigenvalue weighted by molar-refractivity contribution is 0.0691. The first kappa shape index (κ1) is 20.9. The van der Waals surface area contributed by atoms with E-state index < -0.39 is 11.9 Å². The summed E-state index contributed by atoms with van der Waals surface area (Å²) in [6, 6.07) is 11.5. The number of carbonyl (C=O) groups excluding carboxylic acids is 1. The molecule has 1 atom stereocenters. The summed E-state index contributed by atoms with van der Waals surface area (Å²) in [6.45, 7) is 4.47. The molecule has 1 N–H and O–H groups in total. The molecule has 1 aliphatic rings. The summed E-state index contributed by atoms with van der Waals surface area (Å²) in [5.74, 6) is 1.04. The Bertz CT molecular complexity index is 1180. The van der Waals surface area contributed by atoms with E-state index in [1.807, 2.05) is 6.07 Å². The predicted octanol–water partition coefficient (Wildman–Crippen LogP) is 3.37. The molecule has 1 aromatic heterocycles. The van der Waals surface area contributed by atoms with Crippen LogP contribution in [0.4, 0.5) is 0 Å². The van der Waals surface area contributed by atoms with Gasteiger partial charge in [0.1, 0.15) is 5.58 Å². The lowest BCUT2D eigenvalue weighted by atomic mass is 9.98. The van der Waals surface area contributed by atoms with E-state index in [4.69, 9.17) is 13.9 Å². The third kappa shape index (κ3) is 3.65. The van der Waals surface area contributed by atoms with Crippen LogP contribution in [0.25, 0.3) is 11.0 Å². The van der Waals surface area contributed by atoms with Gasteiger partial charge in [-0.1, -0.05) is 32.0 Å². The van der Waals surface area contributed by atoms with Gasteiger partial charge >= 0.3 is 0 Å². The molecule has 162 valence electrons. The van der Waals surface area contributed by atoms with Gasteiger partial charge in [0.15, 0.2) is 16.9 Å². The van der Waals surface area contributed by atoms with Crippen LogP contribution in [-0.4, -0.2) is 42.8 Å². The summed E-state index contributed by atoms with van der Waals surface area (Å²) in [6.07, 6.45) is 0. The van der Waals surface area contributed by atoms with Crippen molar-refractivity contribution in [1.29, 1.82) is 0 Å². The van der Waals surface area contributed by atoms with Crippen molar-refractivity contribution in [3.63, 3.8) is 0 Å². The van der Waals surface area contributed by atoms with E-state index in [1.165, 1.54) is 4.90 Å². The summed E-state index contributed by atoms with van der Waals surface area (Å²) < 4.78 is 17.2. The SMILES string of the molecule is COc1cc([C@@H]2c3c(oc4ccccc4c3=O)C(=O)N2CCO)ccc1OCC(C)C. The second kappa shape index (κ2) is 8.43. The Balaban J connectivity index is 1.86. The average molecular weight is 423 g/mol. The van der Waals surface area contributed by atoms with Gasteiger partial charge in [-0.05, 0) is 35.7 Å². The van der Waals surface area contributed by atoms with Crippen molar-refractivity contribution in [2.75, 3.05) is 26.9 Å². The molecule has 1 amide bonds. The highest BCUT2D eigenvalue weighted by molar-refractivity contribution is 5.99. The third-order valence-corrected chi connectivity index (χ3v) is 5.29. The van der Waals surface area contributed by atoms with Crippen LogP contribution in [0, 0.1) is 5.92 Å². The van der Waals surface area contributed by atoms with Gasteiger partial charge in [0.05, 0.1) is 37.3 Å². The fourth-order valence-electron chi connectivity index (χ4n) is 3.88. The number of methoxy groups -OCH3 is 1. The summed E-state index contributed by atoms with van der Waals surface area (Å²) in [7, 11) is 1.54. The Kier molecular flexibility index (Phi) is 5.69. The molecule has 4 rings (SSSR count).